The Morgan fingerprint density at radius 1 is 0.475 bits per heavy atom. The molecule has 0 fully saturated rings. The maximum atomic E-state index is 2.57. The quantitative estimate of drug-likeness (QED) is 0.184. The molecule has 0 aliphatic carbocycles. The Kier molecular flexibility index (Phi) is 3.36. The summed E-state index contributed by atoms with van der Waals surface area (Å²) in [6.45, 7) is 0.160. The normalized spacial score (nSPS) is 13.4. The Hall–Kier alpha value is -4.80. The number of aromatic nitrogens is 2. The molecule has 4 heteroatoms. The van der Waals surface area contributed by atoms with E-state index in [0.717, 1.165) is 0 Å². The second kappa shape index (κ2) is 6.67. The Morgan fingerprint density at radius 3 is 1.90 bits per heavy atom. The number of para-hydroxylation sites is 3. The first kappa shape index (κ1) is 20.2. The van der Waals surface area contributed by atoms with Gasteiger partial charge in [-0.3, -0.25) is 0 Å². The lowest BCUT2D eigenvalue weighted by atomic mass is 9.33. The minimum absolute atomic E-state index is 0.160. The molecule has 0 amide bonds. The monoisotopic (exact) mass is 522 g/mol. The Labute approximate surface area is 233 Å². The minimum Gasteiger partial charge on any atom is -0.310 e. The third-order valence-corrected chi connectivity index (χ3v) is 10.6. The highest BCUT2D eigenvalue weighted by atomic mass is 32.1. The van der Waals surface area contributed by atoms with Crippen molar-refractivity contribution in [1.82, 2.24) is 9.13 Å². The molecule has 0 atom stereocenters. The van der Waals surface area contributed by atoms with Crippen LogP contribution in [-0.2, 0) is 0 Å². The van der Waals surface area contributed by atoms with Crippen molar-refractivity contribution in [3.8, 4) is 11.4 Å². The number of thiophene rings is 1. The smallest absolute Gasteiger partial charge is 0.253 e. The van der Waals surface area contributed by atoms with E-state index in [4.69, 9.17) is 0 Å². The van der Waals surface area contributed by atoms with Gasteiger partial charge < -0.3 is 9.13 Å². The lowest BCUT2D eigenvalue weighted by Crippen LogP contribution is -2.59. The van der Waals surface area contributed by atoms with Crippen molar-refractivity contribution in [3.63, 3.8) is 0 Å². The van der Waals surface area contributed by atoms with Crippen molar-refractivity contribution in [2.24, 2.45) is 0 Å². The van der Waals surface area contributed by atoms with E-state index in [1.807, 2.05) is 11.3 Å². The van der Waals surface area contributed by atoms with Crippen LogP contribution in [0.2, 0.25) is 0 Å². The zero-order valence-electron chi connectivity index (χ0n) is 21.3. The largest absolute Gasteiger partial charge is 0.310 e. The molecule has 11 rings (SSSR count). The average molecular weight is 522 g/mol. The zero-order chi connectivity index (χ0) is 25.7. The van der Waals surface area contributed by atoms with Gasteiger partial charge in [-0.1, -0.05) is 78.9 Å². The van der Waals surface area contributed by atoms with Crippen molar-refractivity contribution < 1.29 is 0 Å². The van der Waals surface area contributed by atoms with Crippen molar-refractivity contribution in [2.75, 3.05) is 0 Å². The van der Waals surface area contributed by atoms with Crippen LogP contribution in [0.1, 0.15) is 0 Å². The number of benzene rings is 6. The van der Waals surface area contributed by atoms with E-state index in [-0.39, 0.29) is 6.71 Å². The van der Waals surface area contributed by atoms with Crippen LogP contribution in [0.3, 0.4) is 0 Å². The van der Waals surface area contributed by atoms with Crippen LogP contribution in [0.25, 0.3) is 75.2 Å². The predicted octanol–water partition coefficient (Wildman–Crippen LogP) is 7.39. The summed E-state index contributed by atoms with van der Waals surface area (Å²) in [5.74, 6) is 0. The fraction of sp³-hybridized carbons (Fsp3) is 0. The molecular weight excluding hydrogens is 503 g/mol. The highest BCUT2D eigenvalue weighted by Crippen LogP contribution is 2.43. The summed E-state index contributed by atoms with van der Waals surface area (Å²) in [4.78, 5) is 0. The van der Waals surface area contributed by atoms with Crippen molar-refractivity contribution in [1.29, 1.82) is 0 Å². The fourth-order valence-corrected chi connectivity index (χ4v) is 9.27. The molecule has 2 nitrogen and oxygen atoms in total. The maximum Gasteiger partial charge on any atom is 0.253 e. The summed E-state index contributed by atoms with van der Waals surface area (Å²) >= 11 is 1.93. The first-order valence-electron chi connectivity index (χ1n) is 13.9. The van der Waals surface area contributed by atoms with E-state index in [1.54, 1.807) is 0 Å². The molecule has 2 aliphatic rings. The summed E-state index contributed by atoms with van der Waals surface area (Å²) in [6, 6.07) is 43.2. The zero-order valence-corrected chi connectivity index (χ0v) is 22.2. The molecule has 3 aromatic heterocycles. The molecule has 0 saturated heterocycles. The van der Waals surface area contributed by atoms with Gasteiger partial charge >= 0.3 is 0 Å². The van der Waals surface area contributed by atoms with Gasteiger partial charge in [-0.2, -0.15) is 0 Å². The second-order valence-corrected chi connectivity index (χ2v) is 12.3. The molecule has 40 heavy (non-hydrogen) atoms. The third kappa shape index (κ3) is 2.10. The minimum atomic E-state index is 0.160. The standard InChI is InChI=1S/C36H19BN2S/c1-4-14-26-20(9-1)22-12-7-13-25-35(22)38(26)28-16-8-17-29-33(28)37(25)34-32-23-11-3-6-18-30(23)40-31(32)19-24-21-10-2-5-15-27(21)39(29)36(24)34/h1-19H. The van der Waals surface area contributed by atoms with E-state index in [1.165, 1.54) is 91.5 Å². The second-order valence-electron chi connectivity index (χ2n) is 11.2. The van der Waals surface area contributed by atoms with Crippen LogP contribution in [0.4, 0.5) is 0 Å². The van der Waals surface area contributed by atoms with Gasteiger partial charge in [0.15, 0.2) is 0 Å². The first-order valence-corrected chi connectivity index (χ1v) is 14.7. The molecule has 9 aromatic rings. The van der Waals surface area contributed by atoms with Crippen molar-refractivity contribution in [3.05, 3.63) is 115 Å². The highest BCUT2D eigenvalue weighted by molar-refractivity contribution is 7.26. The Balaban J connectivity index is 1.48. The average Bonchev–Trinajstić information content (AvgIpc) is 3.66. The van der Waals surface area contributed by atoms with Gasteiger partial charge in [-0.25, -0.2) is 0 Å². The van der Waals surface area contributed by atoms with Crippen LogP contribution in [0, 0.1) is 0 Å². The van der Waals surface area contributed by atoms with E-state index >= 15 is 0 Å². The van der Waals surface area contributed by atoms with Crippen molar-refractivity contribution >= 4 is 98.2 Å². The van der Waals surface area contributed by atoms with Gasteiger partial charge in [0.2, 0.25) is 0 Å². The maximum absolute atomic E-state index is 2.57. The van der Waals surface area contributed by atoms with Gasteiger partial charge in [0, 0.05) is 47.8 Å². The van der Waals surface area contributed by atoms with Gasteiger partial charge in [0.1, 0.15) is 0 Å². The molecule has 5 heterocycles. The predicted molar refractivity (Wildman–Crippen MR) is 173 cm³/mol. The molecule has 0 saturated carbocycles. The van der Waals surface area contributed by atoms with E-state index in [9.17, 15) is 0 Å². The van der Waals surface area contributed by atoms with Gasteiger partial charge in [0.05, 0.1) is 16.6 Å². The molecule has 0 unspecified atom stereocenters. The summed E-state index contributed by atoms with van der Waals surface area (Å²) in [6.07, 6.45) is 0. The number of nitrogens with zero attached hydrogens (tertiary/aromatic N) is 2. The lowest BCUT2D eigenvalue weighted by molar-refractivity contribution is 1.14. The van der Waals surface area contributed by atoms with Gasteiger partial charge in [0.25, 0.3) is 6.71 Å². The Bertz CT molecular complexity index is 2610. The van der Waals surface area contributed by atoms with Crippen LogP contribution in [0.15, 0.2) is 115 Å². The number of fused-ring (bicyclic) bond motifs is 14. The molecule has 0 spiro atoms. The fourth-order valence-electron chi connectivity index (χ4n) is 8.11. The van der Waals surface area contributed by atoms with Gasteiger partial charge in [-0.15, -0.1) is 11.3 Å². The van der Waals surface area contributed by atoms with E-state index < -0.39 is 0 Å². The third-order valence-electron chi connectivity index (χ3n) is 9.49. The van der Waals surface area contributed by atoms with E-state index in [2.05, 4.69) is 124 Å². The van der Waals surface area contributed by atoms with Crippen LogP contribution in [-0.4, -0.2) is 15.8 Å². The number of rotatable bonds is 0. The molecule has 2 aliphatic heterocycles. The molecule has 0 bridgehead atoms. The molecule has 0 N–H and O–H groups in total. The lowest BCUT2D eigenvalue weighted by Gasteiger charge is -2.34. The van der Waals surface area contributed by atoms with Crippen LogP contribution >= 0.6 is 11.3 Å². The molecular formula is C36H19BN2S. The highest BCUT2D eigenvalue weighted by Gasteiger charge is 2.41. The summed E-state index contributed by atoms with van der Waals surface area (Å²) in [5.41, 5.74) is 12.2. The first-order chi connectivity index (χ1) is 19.9. The summed E-state index contributed by atoms with van der Waals surface area (Å²) in [5, 5.41) is 8.15. The topological polar surface area (TPSA) is 9.86 Å². The van der Waals surface area contributed by atoms with Crippen molar-refractivity contribution in [2.45, 2.75) is 0 Å². The molecule has 6 aromatic carbocycles. The SMILES string of the molecule is c1cc2c3c(c1)-n1c4ccccc4c4cc5sc6ccccc6c5c(c41)B3c1cccc3c4ccccc4n-2c13. The summed E-state index contributed by atoms with van der Waals surface area (Å²) in [7, 11) is 0. The number of hydrogen-bond donors (Lipinski definition) is 0. The molecule has 0 radical (unpaired) electrons. The summed E-state index contributed by atoms with van der Waals surface area (Å²) < 4.78 is 7.85. The van der Waals surface area contributed by atoms with Crippen LogP contribution in [0.5, 0.6) is 0 Å². The Morgan fingerprint density at radius 2 is 1.10 bits per heavy atom. The molecule has 182 valence electrons. The van der Waals surface area contributed by atoms with E-state index in [0.29, 0.717) is 0 Å². The number of hydrogen-bond acceptors (Lipinski definition) is 1. The van der Waals surface area contributed by atoms with Gasteiger partial charge in [-0.05, 0) is 63.6 Å². The van der Waals surface area contributed by atoms with Crippen LogP contribution < -0.4 is 16.4 Å².